The van der Waals surface area contributed by atoms with Gasteiger partial charge in [-0.25, -0.2) is 17.8 Å². The number of aromatic nitrogens is 1. The van der Waals surface area contributed by atoms with Gasteiger partial charge in [0, 0.05) is 0 Å². The van der Waals surface area contributed by atoms with E-state index in [1.54, 1.807) is 12.1 Å². The minimum absolute atomic E-state index is 0.219. The van der Waals surface area contributed by atoms with E-state index in [2.05, 4.69) is 25.6 Å². The van der Waals surface area contributed by atoms with Crippen LogP contribution in [0.3, 0.4) is 0 Å². The second-order valence-corrected chi connectivity index (χ2v) is 6.39. The van der Waals surface area contributed by atoms with Gasteiger partial charge >= 0.3 is 0 Å². The summed E-state index contributed by atoms with van der Waals surface area (Å²) >= 11 is 3.16. The number of pyridine rings is 1. The molecule has 1 aromatic carbocycles. The molecule has 0 aliphatic carbocycles. The molecule has 0 bridgehead atoms. The molecule has 0 atom stereocenters. The van der Waals surface area contributed by atoms with Crippen LogP contribution in [0, 0.1) is 5.82 Å². The number of hydrogen-bond acceptors (Lipinski definition) is 3. The fraction of sp³-hybridized carbons (Fsp3) is 0.0833. The monoisotopic (exact) mass is 344 g/mol. The van der Waals surface area contributed by atoms with Crippen LogP contribution in [-0.2, 0) is 15.8 Å². The zero-order chi connectivity index (χ0) is 13.9. The summed E-state index contributed by atoms with van der Waals surface area (Å²) in [5, 5.41) is 0. The van der Waals surface area contributed by atoms with E-state index in [9.17, 15) is 12.8 Å². The van der Waals surface area contributed by atoms with Crippen molar-refractivity contribution in [1.29, 1.82) is 0 Å². The fourth-order valence-electron chi connectivity index (χ4n) is 1.45. The Balaban J connectivity index is 2.10. The lowest BCUT2D eigenvalue weighted by Gasteiger charge is -2.07. The number of hydrogen-bond donors (Lipinski definition) is 1. The van der Waals surface area contributed by atoms with Gasteiger partial charge < -0.3 is 0 Å². The maximum atomic E-state index is 12.7. The predicted octanol–water partition coefficient (Wildman–Crippen LogP) is 2.93. The first-order valence-electron chi connectivity index (χ1n) is 5.31. The van der Waals surface area contributed by atoms with Gasteiger partial charge in [0.05, 0.1) is 17.6 Å². The van der Waals surface area contributed by atoms with Crippen molar-refractivity contribution in [3.63, 3.8) is 0 Å². The van der Waals surface area contributed by atoms with Crippen LogP contribution in [0.4, 0.5) is 10.1 Å². The standard InChI is InChI=1S/C12H10BrFN2O2S/c13-12-6-5-11(7-15-12)16-19(17,18)8-9-1-3-10(14)4-2-9/h1-7,16H,8H2. The molecular formula is C12H10BrFN2O2S. The highest BCUT2D eigenvalue weighted by Gasteiger charge is 2.12. The molecule has 0 fully saturated rings. The Morgan fingerprint density at radius 3 is 2.42 bits per heavy atom. The summed E-state index contributed by atoms with van der Waals surface area (Å²) in [6.45, 7) is 0. The van der Waals surface area contributed by atoms with Crippen LogP contribution in [0.2, 0.25) is 0 Å². The highest BCUT2D eigenvalue weighted by molar-refractivity contribution is 9.10. The molecule has 7 heteroatoms. The van der Waals surface area contributed by atoms with Crippen LogP contribution < -0.4 is 4.72 Å². The molecule has 1 heterocycles. The van der Waals surface area contributed by atoms with Gasteiger partial charge in [-0.2, -0.15) is 0 Å². The van der Waals surface area contributed by atoms with E-state index in [1.165, 1.54) is 30.5 Å². The first kappa shape index (κ1) is 14.0. The molecule has 4 nitrogen and oxygen atoms in total. The van der Waals surface area contributed by atoms with E-state index in [0.717, 1.165) is 0 Å². The fourth-order valence-corrected chi connectivity index (χ4v) is 2.87. The van der Waals surface area contributed by atoms with E-state index < -0.39 is 15.8 Å². The number of nitrogens with one attached hydrogen (secondary N) is 1. The molecule has 1 N–H and O–H groups in total. The Kier molecular flexibility index (Phi) is 4.16. The lowest BCUT2D eigenvalue weighted by molar-refractivity contribution is 0.600. The van der Waals surface area contributed by atoms with Crippen molar-refractivity contribution < 1.29 is 12.8 Å². The van der Waals surface area contributed by atoms with Crippen LogP contribution in [0.15, 0.2) is 47.2 Å². The number of sulfonamides is 1. The summed E-state index contributed by atoms with van der Waals surface area (Å²) in [4.78, 5) is 3.92. The highest BCUT2D eigenvalue weighted by atomic mass is 79.9. The molecule has 0 saturated carbocycles. The molecule has 0 aliphatic heterocycles. The maximum Gasteiger partial charge on any atom is 0.236 e. The second kappa shape index (κ2) is 5.66. The topological polar surface area (TPSA) is 59.1 Å². The molecule has 100 valence electrons. The lowest BCUT2D eigenvalue weighted by Crippen LogP contribution is -2.15. The highest BCUT2D eigenvalue weighted by Crippen LogP contribution is 2.14. The second-order valence-electron chi connectivity index (χ2n) is 3.86. The third kappa shape index (κ3) is 4.29. The van der Waals surface area contributed by atoms with Crippen LogP contribution in [0.25, 0.3) is 0 Å². The van der Waals surface area contributed by atoms with Crippen molar-refractivity contribution in [1.82, 2.24) is 4.98 Å². The largest absolute Gasteiger partial charge is 0.282 e. The smallest absolute Gasteiger partial charge is 0.236 e. The normalized spacial score (nSPS) is 11.3. The number of halogens is 2. The SMILES string of the molecule is O=S(=O)(Cc1ccc(F)cc1)Nc1ccc(Br)nc1. The van der Waals surface area contributed by atoms with Crippen LogP contribution in [0.1, 0.15) is 5.56 Å². The quantitative estimate of drug-likeness (QED) is 0.867. The minimum atomic E-state index is -3.54. The van der Waals surface area contributed by atoms with Gasteiger partial charge in [0.1, 0.15) is 10.4 Å². The maximum absolute atomic E-state index is 12.7. The molecule has 0 aliphatic rings. The average molecular weight is 345 g/mol. The number of benzene rings is 1. The number of nitrogens with zero attached hydrogens (tertiary/aromatic N) is 1. The molecule has 2 rings (SSSR count). The number of rotatable bonds is 4. The number of anilines is 1. The Morgan fingerprint density at radius 2 is 1.84 bits per heavy atom. The zero-order valence-electron chi connectivity index (χ0n) is 9.68. The summed E-state index contributed by atoms with van der Waals surface area (Å²) in [7, 11) is -3.54. The van der Waals surface area contributed by atoms with E-state index in [1.807, 2.05) is 0 Å². The van der Waals surface area contributed by atoms with Crippen LogP contribution >= 0.6 is 15.9 Å². The summed E-state index contributed by atoms with van der Waals surface area (Å²) in [5.41, 5.74) is 0.893. The molecule has 0 spiro atoms. The first-order chi connectivity index (χ1) is 8.94. The molecule has 0 unspecified atom stereocenters. The molecular weight excluding hydrogens is 335 g/mol. The third-order valence-corrected chi connectivity index (χ3v) is 4.00. The zero-order valence-corrected chi connectivity index (χ0v) is 12.1. The van der Waals surface area contributed by atoms with Gasteiger partial charge in [-0.15, -0.1) is 0 Å². The van der Waals surface area contributed by atoms with Gasteiger partial charge in [0.25, 0.3) is 0 Å². The van der Waals surface area contributed by atoms with Gasteiger partial charge in [-0.1, -0.05) is 12.1 Å². The van der Waals surface area contributed by atoms with Gasteiger partial charge in [0.2, 0.25) is 10.0 Å². The molecule has 2 aromatic rings. The molecule has 0 saturated heterocycles. The Labute approximate surface area is 118 Å². The van der Waals surface area contributed by atoms with Gasteiger partial charge in [0.15, 0.2) is 0 Å². The molecule has 0 amide bonds. The van der Waals surface area contributed by atoms with E-state index in [0.29, 0.717) is 15.9 Å². The average Bonchev–Trinajstić information content (AvgIpc) is 2.34. The Bertz CT molecular complexity index is 604. The molecule has 19 heavy (non-hydrogen) atoms. The van der Waals surface area contributed by atoms with Gasteiger partial charge in [-0.3, -0.25) is 4.72 Å². The Hall–Kier alpha value is -1.47. The van der Waals surface area contributed by atoms with E-state index in [4.69, 9.17) is 0 Å². The van der Waals surface area contributed by atoms with Crippen LogP contribution in [-0.4, -0.2) is 13.4 Å². The minimum Gasteiger partial charge on any atom is -0.282 e. The van der Waals surface area contributed by atoms with Crippen molar-refractivity contribution in [2.24, 2.45) is 0 Å². The van der Waals surface area contributed by atoms with Crippen molar-refractivity contribution in [3.05, 3.63) is 58.6 Å². The third-order valence-electron chi connectivity index (χ3n) is 2.27. The predicted molar refractivity (Wildman–Crippen MR) is 74.6 cm³/mol. The summed E-state index contributed by atoms with van der Waals surface area (Å²) in [6, 6.07) is 8.57. The van der Waals surface area contributed by atoms with Crippen LogP contribution in [0.5, 0.6) is 0 Å². The van der Waals surface area contributed by atoms with Gasteiger partial charge in [-0.05, 0) is 45.8 Å². The first-order valence-corrected chi connectivity index (χ1v) is 7.76. The summed E-state index contributed by atoms with van der Waals surface area (Å²) in [5.74, 6) is -0.616. The molecule has 0 radical (unpaired) electrons. The van der Waals surface area contributed by atoms with Crippen molar-refractivity contribution in [2.75, 3.05) is 4.72 Å². The van der Waals surface area contributed by atoms with Crippen molar-refractivity contribution in [3.8, 4) is 0 Å². The summed E-state index contributed by atoms with van der Waals surface area (Å²) < 4.78 is 39.5. The van der Waals surface area contributed by atoms with Crippen molar-refractivity contribution in [2.45, 2.75) is 5.75 Å². The molecule has 1 aromatic heterocycles. The van der Waals surface area contributed by atoms with E-state index >= 15 is 0 Å². The van der Waals surface area contributed by atoms with Crippen molar-refractivity contribution >= 4 is 31.6 Å². The van der Waals surface area contributed by atoms with E-state index in [-0.39, 0.29) is 5.75 Å². The Morgan fingerprint density at radius 1 is 1.16 bits per heavy atom. The lowest BCUT2D eigenvalue weighted by atomic mass is 10.2. The summed E-state index contributed by atoms with van der Waals surface area (Å²) in [6.07, 6.45) is 1.41.